The Labute approximate surface area is 124 Å². The maximum atomic E-state index is 12.9. The van der Waals surface area contributed by atoms with E-state index < -0.39 is 9.84 Å². The largest absolute Gasteiger partial charge is 0.372 e. The SMILES string of the molecule is O=C(N1CCN(Cc2ccccc2)CC1)C(F)(F)I. The molecule has 0 radical (unpaired) electrons. The van der Waals surface area contributed by atoms with Crippen LogP contribution in [-0.4, -0.2) is 45.8 Å². The van der Waals surface area contributed by atoms with Crippen molar-refractivity contribution < 1.29 is 13.6 Å². The van der Waals surface area contributed by atoms with E-state index in [4.69, 9.17) is 0 Å². The van der Waals surface area contributed by atoms with Gasteiger partial charge in [-0.2, -0.15) is 8.78 Å². The second-order valence-electron chi connectivity index (χ2n) is 4.55. The molecule has 19 heavy (non-hydrogen) atoms. The summed E-state index contributed by atoms with van der Waals surface area (Å²) < 4.78 is 22.6. The molecule has 1 amide bonds. The van der Waals surface area contributed by atoms with Crippen LogP contribution in [0.2, 0.25) is 0 Å². The summed E-state index contributed by atoms with van der Waals surface area (Å²) in [5.74, 6) is -1.08. The average molecular weight is 380 g/mol. The highest BCUT2D eigenvalue weighted by Crippen LogP contribution is 2.25. The van der Waals surface area contributed by atoms with Crippen molar-refractivity contribution in [2.45, 2.75) is 10.5 Å². The maximum absolute atomic E-state index is 12.9. The fraction of sp³-hybridized carbons (Fsp3) is 0.462. The molecule has 0 saturated carbocycles. The molecule has 0 spiro atoms. The predicted molar refractivity (Wildman–Crippen MR) is 77.3 cm³/mol. The summed E-state index contributed by atoms with van der Waals surface area (Å²) in [6, 6.07) is 9.99. The molecule has 1 aliphatic heterocycles. The Balaban J connectivity index is 1.85. The van der Waals surface area contributed by atoms with Gasteiger partial charge in [-0.05, 0) is 5.56 Å². The Morgan fingerprint density at radius 2 is 1.74 bits per heavy atom. The number of piperazine rings is 1. The van der Waals surface area contributed by atoms with E-state index >= 15 is 0 Å². The topological polar surface area (TPSA) is 23.6 Å². The highest BCUT2D eigenvalue weighted by atomic mass is 127. The highest BCUT2D eigenvalue weighted by Gasteiger charge is 2.39. The molecule has 1 aromatic carbocycles. The first-order valence-electron chi connectivity index (χ1n) is 6.09. The first-order chi connectivity index (χ1) is 8.97. The zero-order chi connectivity index (χ0) is 13.9. The number of hydrogen-bond donors (Lipinski definition) is 0. The molecule has 3 nitrogen and oxygen atoms in total. The van der Waals surface area contributed by atoms with E-state index in [1.807, 2.05) is 30.3 Å². The van der Waals surface area contributed by atoms with E-state index in [0.717, 1.165) is 29.1 Å². The van der Waals surface area contributed by atoms with Gasteiger partial charge in [-0.3, -0.25) is 9.69 Å². The van der Waals surface area contributed by atoms with Gasteiger partial charge in [-0.1, -0.05) is 30.3 Å². The summed E-state index contributed by atoms with van der Waals surface area (Å²) in [5, 5.41) is 0. The van der Waals surface area contributed by atoms with Crippen LogP contribution in [0.5, 0.6) is 0 Å². The molecule has 0 unspecified atom stereocenters. The van der Waals surface area contributed by atoms with E-state index in [0.29, 0.717) is 26.2 Å². The van der Waals surface area contributed by atoms with E-state index in [-0.39, 0.29) is 0 Å². The van der Waals surface area contributed by atoms with Crippen LogP contribution in [0.25, 0.3) is 0 Å². The number of carbonyl (C=O) groups excluding carboxylic acids is 1. The minimum Gasteiger partial charge on any atom is -0.334 e. The van der Waals surface area contributed by atoms with Crippen LogP contribution in [0.4, 0.5) is 8.78 Å². The molecule has 104 valence electrons. The van der Waals surface area contributed by atoms with Crippen molar-refractivity contribution in [3.8, 4) is 0 Å². The first kappa shape index (κ1) is 14.6. The third-order valence-corrected chi connectivity index (χ3v) is 3.61. The second-order valence-corrected chi connectivity index (χ2v) is 5.91. The molecule has 1 fully saturated rings. The van der Waals surface area contributed by atoms with Crippen LogP contribution in [-0.2, 0) is 11.3 Å². The van der Waals surface area contributed by atoms with Crippen molar-refractivity contribution in [2.75, 3.05) is 26.2 Å². The van der Waals surface area contributed by atoms with Gasteiger partial charge in [0.2, 0.25) is 0 Å². The lowest BCUT2D eigenvalue weighted by molar-refractivity contribution is -0.146. The van der Waals surface area contributed by atoms with Gasteiger partial charge in [0.15, 0.2) is 0 Å². The summed E-state index contributed by atoms with van der Waals surface area (Å²) in [7, 11) is 0. The molecule has 1 aliphatic rings. The third-order valence-electron chi connectivity index (χ3n) is 3.15. The van der Waals surface area contributed by atoms with Gasteiger partial charge in [0.05, 0.1) is 0 Å². The van der Waals surface area contributed by atoms with Gasteiger partial charge in [-0.25, -0.2) is 0 Å². The summed E-state index contributed by atoms with van der Waals surface area (Å²) in [5.41, 5.74) is 1.20. The molecule has 1 aromatic rings. The molecule has 0 aliphatic carbocycles. The lowest BCUT2D eigenvalue weighted by Gasteiger charge is -2.35. The molecular weight excluding hydrogens is 365 g/mol. The Bertz CT molecular complexity index is 428. The van der Waals surface area contributed by atoms with Crippen molar-refractivity contribution in [3.05, 3.63) is 35.9 Å². The second kappa shape index (κ2) is 6.13. The number of rotatable bonds is 3. The Morgan fingerprint density at radius 3 is 2.26 bits per heavy atom. The summed E-state index contributed by atoms with van der Waals surface area (Å²) in [4.78, 5) is 14.8. The molecule has 0 N–H and O–H groups in total. The number of halogens is 3. The molecule has 0 atom stereocenters. The quantitative estimate of drug-likeness (QED) is 0.594. The van der Waals surface area contributed by atoms with Gasteiger partial charge in [0, 0.05) is 55.3 Å². The zero-order valence-corrected chi connectivity index (χ0v) is 12.5. The molecular formula is C13H15F2IN2O. The number of nitrogens with zero attached hydrogens (tertiary/aromatic N) is 2. The standard InChI is InChI=1S/C13H15F2IN2O/c14-13(15,16)12(19)18-8-6-17(7-9-18)10-11-4-2-1-3-5-11/h1-5H,6-10H2. The van der Waals surface area contributed by atoms with Gasteiger partial charge in [0.1, 0.15) is 0 Å². The monoisotopic (exact) mass is 380 g/mol. The number of benzene rings is 1. The number of carbonyl (C=O) groups is 1. The third kappa shape index (κ3) is 4.10. The normalized spacial score (nSPS) is 17.5. The number of alkyl halides is 3. The fourth-order valence-electron chi connectivity index (χ4n) is 2.13. The Hall–Kier alpha value is -0.760. The molecule has 0 aromatic heterocycles. The summed E-state index contributed by atoms with van der Waals surface area (Å²) >= 11 is 0.891. The van der Waals surface area contributed by atoms with Gasteiger partial charge < -0.3 is 4.90 Å². The van der Waals surface area contributed by atoms with Crippen molar-refractivity contribution in [3.63, 3.8) is 0 Å². The van der Waals surface area contributed by atoms with Crippen LogP contribution in [0.15, 0.2) is 30.3 Å². The number of amides is 1. The minimum atomic E-state index is -3.29. The fourth-order valence-corrected chi connectivity index (χ4v) is 2.47. The van der Waals surface area contributed by atoms with Crippen LogP contribution < -0.4 is 0 Å². The number of hydrogen-bond acceptors (Lipinski definition) is 2. The summed E-state index contributed by atoms with van der Waals surface area (Å²) in [6.45, 7) is 2.79. The zero-order valence-electron chi connectivity index (χ0n) is 10.4. The lowest BCUT2D eigenvalue weighted by atomic mass is 10.2. The van der Waals surface area contributed by atoms with Crippen molar-refractivity contribution >= 4 is 28.5 Å². The summed E-state index contributed by atoms with van der Waals surface area (Å²) in [6.07, 6.45) is 0. The maximum Gasteiger partial charge on any atom is 0.372 e. The minimum absolute atomic E-state index is 0.365. The molecule has 2 rings (SSSR count). The van der Waals surface area contributed by atoms with Crippen LogP contribution in [0.3, 0.4) is 0 Å². The van der Waals surface area contributed by atoms with Crippen molar-refractivity contribution in [1.82, 2.24) is 9.80 Å². The highest BCUT2D eigenvalue weighted by molar-refractivity contribution is 14.1. The molecule has 1 saturated heterocycles. The predicted octanol–water partition coefficient (Wildman–Crippen LogP) is 2.36. The lowest BCUT2D eigenvalue weighted by Crippen LogP contribution is -2.51. The molecule has 0 bridgehead atoms. The average Bonchev–Trinajstić information content (AvgIpc) is 2.39. The Kier molecular flexibility index (Phi) is 4.72. The smallest absolute Gasteiger partial charge is 0.334 e. The molecule has 6 heteroatoms. The van der Waals surface area contributed by atoms with Gasteiger partial charge >= 0.3 is 9.84 Å². The van der Waals surface area contributed by atoms with Crippen molar-refractivity contribution in [1.29, 1.82) is 0 Å². The Morgan fingerprint density at radius 1 is 1.16 bits per heavy atom. The van der Waals surface area contributed by atoms with Crippen molar-refractivity contribution in [2.24, 2.45) is 0 Å². The van der Waals surface area contributed by atoms with Crippen LogP contribution in [0.1, 0.15) is 5.56 Å². The van der Waals surface area contributed by atoms with E-state index in [9.17, 15) is 13.6 Å². The van der Waals surface area contributed by atoms with Crippen LogP contribution in [0, 0.1) is 0 Å². The first-order valence-corrected chi connectivity index (χ1v) is 7.17. The van der Waals surface area contributed by atoms with E-state index in [1.165, 1.54) is 10.5 Å². The van der Waals surface area contributed by atoms with Gasteiger partial charge in [0.25, 0.3) is 0 Å². The van der Waals surface area contributed by atoms with E-state index in [1.54, 1.807) is 0 Å². The van der Waals surface area contributed by atoms with Crippen LogP contribution >= 0.6 is 22.6 Å². The van der Waals surface area contributed by atoms with Gasteiger partial charge in [-0.15, -0.1) is 0 Å². The van der Waals surface area contributed by atoms with E-state index in [2.05, 4.69) is 4.90 Å². The molecule has 1 heterocycles.